The highest BCUT2D eigenvalue weighted by Crippen LogP contribution is 2.36. The molecule has 7 nitrogen and oxygen atoms in total. The van der Waals surface area contributed by atoms with E-state index in [1.165, 1.54) is 7.11 Å². The van der Waals surface area contributed by atoms with Gasteiger partial charge in [0.15, 0.2) is 5.11 Å². The summed E-state index contributed by atoms with van der Waals surface area (Å²) in [6.45, 7) is 0.704. The number of hydrogen-bond acceptors (Lipinski definition) is 7. The molecule has 4 N–H and O–H groups in total. The molecule has 0 radical (unpaired) electrons. The molecule has 31 heavy (non-hydrogen) atoms. The molecule has 0 spiro atoms. The van der Waals surface area contributed by atoms with Crippen molar-refractivity contribution in [3.05, 3.63) is 58.5 Å². The largest absolute Gasteiger partial charge is 0.469 e. The molecule has 0 aliphatic carbocycles. The van der Waals surface area contributed by atoms with Crippen molar-refractivity contribution in [1.82, 2.24) is 5.32 Å². The van der Waals surface area contributed by atoms with Crippen molar-refractivity contribution < 1.29 is 18.3 Å². The van der Waals surface area contributed by atoms with Crippen LogP contribution in [0.3, 0.4) is 0 Å². The van der Waals surface area contributed by atoms with Crippen LogP contribution in [0.5, 0.6) is 0 Å². The van der Waals surface area contributed by atoms with E-state index in [-0.39, 0.29) is 18.1 Å². The summed E-state index contributed by atoms with van der Waals surface area (Å²) < 4.78 is 31.5. The number of benzene rings is 2. The lowest BCUT2D eigenvalue weighted by Crippen LogP contribution is -2.34. The Bertz CT molecular complexity index is 954. The predicted molar refractivity (Wildman–Crippen MR) is 122 cm³/mol. The summed E-state index contributed by atoms with van der Waals surface area (Å²) in [6, 6.07) is 10.8. The fourth-order valence-electron chi connectivity index (χ4n) is 2.79. The third-order valence-corrected chi connectivity index (χ3v) is 5.19. The lowest BCUT2D eigenvalue weighted by molar-refractivity contribution is -0.141. The van der Waals surface area contributed by atoms with E-state index in [1.54, 1.807) is 42.5 Å². The Balaban J connectivity index is 2.26. The lowest BCUT2D eigenvalue weighted by Gasteiger charge is -2.22. The average Bonchev–Trinajstić information content (AvgIpc) is 2.69. The molecule has 0 heterocycles. The van der Waals surface area contributed by atoms with E-state index in [1.807, 2.05) is 0 Å². The number of esters is 1. The number of nitrogen functional groups attached to an aromatic ring is 1. The smallest absolute Gasteiger partial charge is 0.307 e. The summed E-state index contributed by atoms with van der Waals surface area (Å²) in [5.74, 6) is -0.510. The number of methoxy groups -OCH3 is 1. The summed E-state index contributed by atoms with van der Waals surface area (Å²) in [7, 11) is 1.25. The van der Waals surface area contributed by atoms with Gasteiger partial charge in [0, 0.05) is 17.4 Å². The maximum Gasteiger partial charge on any atom is 0.307 e. The van der Waals surface area contributed by atoms with E-state index in [2.05, 4.69) is 15.8 Å². The first-order valence-corrected chi connectivity index (χ1v) is 10.3. The second kappa shape index (κ2) is 11.0. The minimum absolute atomic E-state index is 0.0953. The number of ether oxygens (including phenoxy) is 1. The quantitative estimate of drug-likeness (QED) is 0.158. The van der Waals surface area contributed by atoms with Crippen LogP contribution >= 0.6 is 24.0 Å². The first kappa shape index (κ1) is 24.5. The monoisotopic (exact) mass is 468 g/mol. The highest BCUT2D eigenvalue weighted by molar-refractivity contribution is 8.00. The third-order valence-electron chi connectivity index (χ3n) is 4.12. The summed E-state index contributed by atoms with van der Waals surface area (Å²) in [5.41, 5.74) is 7.88. The van der Waals surface area contributed by atoms with Crippen LogP contribution in [0.4, 0.5) is 20.2 Å². The minimum Gasteiger partial charge on any atom is -0.469 e. The maximum atomic E-state index is 13.4. The Morgan fingerprint density at radius 2 is 2.03 bits per heavy atom. The van der Waals surface area contributed by atoms with Crippen molar-refractivity contribution in [3.8, 4) is 0 Å². The molecule has 1 atom stereocenters. The van der Waals surface area contributed by atoms with Gasteiger partial charge in [0.2, 0.25) is 0 Å². The molecular weight excluding hydrogens is 446 g/mol. The lowest BCUT2D eigenvalue weighted by atomic mass is 10.0. The number of para-hydroxylation sites is 1. The molecule has 0 amide bonds. The van der Waals surface area contributed by atoms with Crippen molar-refractivity contribution in [3.63, 3.8) is 0 Å². The molecule has 0 aliphatic heterocycles. The maximum absolute atomic E-state index is 13.4. The molecule has 2 aromatic carbocycles. The van der Waals surface area contributed by atoms with Crippen molar-refractivity contribution in [2.75, 3.05) is 18.2 Å². The second-order valence-corrected chi connectivity index (χ2v) is 8.38. The molecule has 0 bridgehead atoms. The number of alkyl halides is 2. The molecule has 2 aromatic rings. The van der Waals surface area contributed by atoms with E-state index in [4.69, 9.17) is 22.7 Å². The molecule has 2 rings (SSSR count). The summed E-state index contributed by atoms with van der Waals surface area (Å²) in [6.07, 6.45) is -0.0953. The number of thioether (sulfide) groups is 1. The normalized spacial score (nSPS) is 12.0. The van der Waals surface area contributed by atoms with E-state index in [0.29, 0.717) is 39.2 Å². The van der Waals surface area contributed by atoms with Gasteiger partial charge in [-0.25, -0.2) is 0 Å². The van der Waals surface area contributed by atoms with Crippen LogP contribution in [0.25, 0.3) is 0 Å². The fraction of sp³-hybridized carbons (Fsp3) is 0.300. The minimum atomic E-state index is -2.95. The van der Waals surface area contributed by atoms with E-state index < -0.39 is 17.3 Å². The summed E-state index contributed by atoms with van der Waals surface area (Å²) in [4.78, 5) is 23.0. The second-order valence-electron chi connectivity index (χ2n) is 6.58. The van der Waals surface area contributed by atoms with Crippen LogP contribution in [0.1, 0.15) is 30.5 Å². The Morgan fingerprint density at radius 1 is 1.32 bits per heavy atom. The Kier molecular flexibility index (Phi) is 8.69. The van der Waals surface area contributed by atoms with Crippen LogP contribution < -0.4 is 16.4 Å². The predicted octanol–water partition coefficient (Wildman–Crippen LogP) is 4.83. The van der Waals surface area contributed by atoms with Gasteiger partial charge in [0.25, 0.3) is 5.25 Å². The highest BCUT2D eigenvalue weighted by atomic mass is 32.2. The zero-order chi connectivity index (χ0) is 23.0. The van der Waals surface area contributed by atoms with E-state index in [0.717, 1.165) is 6.92 Å². The molecule has 1 unspecified atom stereocenters. The van der Waals surface area contributed by atoms with Crippen LogP contribution in [-0.2, 0) is 16.1 Å². The number of halogens is 2. The van der Waals surface area contributed by atoms with Gasteiger partial charge in [-0.3, -0.25) is 4.79 Å². The van der Waals surface area contributed by atoms with E-state index in [9.17, 15) is 18.5 Å². The molecule has 0 saturated carbocycles. The summed E-state index contributed by atoms with van der Waals surface area (Å²) in [5, 5.41) is 5.97. The summed E-state index contributed by atoms with van der Waals surface area (Å²) >= 11 is 5.77. The van der Waals surface area contributed by atoms with E-state index >= 15 is 0 Å². The molecule has 0 aromatic heterocycles. The van der Waals surface area contributed by atoms with Gasteiger partial charge in [0.1, 0.15) is 6.54 Å². The van der Waals surface area contributed by atoms with Gasteiger partial charge < -0.3 is 21.1 Å². The SMILES string of the molecule is COC(=O)CC(NC(=S)Nc1c(N)cccc1CN=O)c1cccc(SC(C)(F)F)c1. The molecule has 0 saturated heterocycles. The highest BCUT2D eigenvalue weighted by Gasteiger charge is 2.24. The van der Waals surface area contributed by atoms with Crippen molar-refractivity contribution >= 4 is 46.4 Å². The van der Waals surface area contributed by atoms with Crippen LogP contribution in [0.15, 0.2) is 52.5 Å². The van der Waals surface area contributed by atoms with Gasteiger partial charge in [-0.1, -0.05) is 41.2 Å². The van der Waals surface area contributed by atoms with Crippen LogP contribution in [0.2, 0.25) is 0 Å². The number of anilines is 2. The topological polar surface area (TPSA) is 106 Å². The fourth-order valence-corrected chi connectivity index (χ4v) is 3.79. The first-order chi connectivity index (χ1) is 14.6. The number of thiocarbonyl (C=S) groups is 1. The average molecular weight is 469 g/mol. The number of nitrogens with one attached hydrogen (secondary N) is 2. The number of nitroso groups, excluding NO2 is 1. The van der Waals surface area contributed by atoms with Gasteiger partial charge in [-0.05, 0) is 36.0 Å². The number of carbonyl (C=O) groups is 1. The Hall–Kier alpha value is -2.79. The van der Waals surface area contributed by atoms with Crippen LogP contribution in [-0.4, -0.2) is 23.4 Å². The van der Waals surface area contributed by atoms with Crippen molar-refractivity contribution in [1.29, 1.82) is 0 Å². The Labute approximate surface area is 188 Å². The van der Waals surface area contributed by atoms with Crippen molar-refractivity contribution in [2.24, 2.45) is 5.18 Å². The number of nitrogens with two attached hydrogens (primary N) is 1. The number of nitrogens with zero attached hydrogens (tertiary/aromatic N) is 1. The number of hydrogen-bond donors (Lipinski definition) is 3. The van der Waals surface area contributed by atoms with Gasteiger partial charge in [-0.2, -0.15) is 13.7 Å². The van der Waals surface area contributed by atoms with Crippen molar-refractivity contribution in [2.45, 2.75) is 36.1 Å². The molecular formula is C20H22F2N4O3S2. The zero-order valence-corrected chi connectivity index (χ0v) is 18.5. The van der Waals surface area contributed by atoms with Crippen LogP contribution in [0, 0.1) is 4.91 Å². The standard InChI is InChI=1S/C20H22F2N4O3S2/c1-20(21,22)31-14-7-3-5-12(9-14)16(10-17(27)29-2)25-19(30)26-18-13(11-24-28)6-4-8-15(18)23/h3-9,16H,10-11,23H2,1-2H3,(H2,25,26,30). The molecule has 0 fully saturated rings. The first-order valence-electron chi connectivity index (χ1n) is 9.10. The number of carbonyl (C=O) groups excluding carboxylic acids is 1. The number of rotatable bonds is 9. The molecule has 11 heteroatoms. The van der Waals surface area contributed by atoms with Gasteiger partial charge in [-0.15, -0.1) is 0 Å². The molecule has 0 aliphatic rings. The van der Waals surface area contributed by atoms with Gasteiger partial charge >= 0.3 is 5.97 Å². The molecule has 166 valence electrons. The third kappa shape index (κ3) is 7.76. The van der Waals surface area contributed by atoms with Gasteiger partial charge in [0.05, 0.1) is 30.9 Å². The Morgan fingerprint density at radius 3 is 2.68 bits per heavy atom. The zero-order valence-electron chi connectivity index (χ0n) is 16.9.